The fourth-order valence-electron chi connectivity index (χ4n) is 2.44. The van der Waals surface area contributed by atoms with Crippen molar-refractivity contribution in [2.75, 3.05) is 19.6 Å². The van der Waals surface area contributed by atoms with Crippen LogP contribution in [-0.2, 0) is 0 Å². The third-order valence-corrected chi connectivity index (χ3v) is 4.65. The number of nitrogens with zero attached hydrogens (tertiary/aromatic N) is 1. The second kappa shape index (κ2) is 6.48. The third-order valence-electron chi connectivity index (χ3n) is 3.30. The van der Waals surface area contributed by atoms with Gasteiger partial charge in [0.25, 0.3) is 0 Å². The van der Waals surface area contributed by atoms with E-state index < -0.39 is 0 Å². The molecule has 1 aromatic carbocycles. The number of phenolic OH excluding ortho intramolecular Hbond substituents is 1. The fourth-order valence-corrected chi connectivity index (χ4v) is 3.57. The lowest BCUT2D eigenvalue weighted by Gasteiger charge is -2.32. The average Bonchev–Trinajstić information content (AvgIpc) is 2.34. The molecule has 0 atom stereocenters. The van der Waals surface area contributed by atoms with E-state index >= 15 is 0 Å². The Morgan fingerprint density at radius 1 is 1.22 bits per heavy atom. The molecule has 1 N–H and O–H groups in total. The molecule has 0 bridgehead atoms. The van der Waals surface area contributed by atoms with Crippen molar-refractivity contribution < 1.29 is 5.11 Å². The summed E-state index contributed by atoms with van der Waals surface area (Å²) >= 11 is 1.96. The maximum Gasteiger partial charge on any atom is 0.115 e. The molecule has 1 heterocycles. The van der Waals surface area contributed by atoms with Gasteiger partial charge in [0.05, 0.1) is 0 Å². The van der Waals surface area contributed by atoms with Crippen molar-refractivity contribution in [2.45, 2.75) is 36.8 Å². The summed E-state index contributed by atoms with van der Waals surface area (Å²) in [5.41, 5.74) is 0. The molecule has 2 nitrogen and oxygen atoms in total. The molecule has 1 fully saturated rings. The highest BCUT2D eigenvalue weighted by Crippen LogP contribution is 2.31. The average molecular weight is 265 g/mol. The SMILES string of the molecule is CC(C)CN1CCC(Sc2ccc(O)cc2)CC1. The second-order valence-corrected chi connectivity index (χ2v) is 6.88. The Balaban J connectivity index is 1.78. The van der Waals surface area contributed by atoms with E-state index in [-0.39, 0.29) is 0 Å². The molecular weight excluding hydrogens is 242 g/mol. The Morgan fingerprint density at radius 2 is 1.83 bits per heavy atom. The van der Waals surface area contributed by atoms with Crippen molar-refractivity contribution >= 4 is 11.8 Å². The topological polar surface area (TPSA) is 23.5 Å². The van der Waals surface area contributed by atoms with Crippen molar-refractivity contribution in [3.63, 3.8) is 0 Å². The van der Waals surface area contributed by atoms with Gasteiger partial charge < -0.3 is 10.0 Å². The Labute approximate surface area is 114 Å². The summed E-state index contributed by atoms with van der Waals surface area (Å²) in [5.74, 6) is 1.12. The van der Waals surface area contributed by atoms with Gasteiger partial charge in [-0.3, -0.25) is 0 Å². The molecule has 1 saturated heterocycles. The minimum atomic E-state index is 0.353. The first kappa shape index (κ1) is 13.8. The van der Waals surface area contributed by atoms with Gasteiger partial charge in [0.1, 0.15) is 5.75 Å². The molecular formula is C15H23NOS. The fraction of sp³-hybridized carbons (Fsp3) is 0.600. The van der Waals surface area contributed by atoms with Crippen LogP contribution in [0.1, 0.15) is 26.7 Å². The minimum Gasteiger partial charge on any atom is -0.508 e. The van der Waals surface area contributed by atoms with Gasteiger partial charge >= 0.3 is 0 Å². The lowest BCUT2D eigenvalue weighted by molar-refractivity contribution is 0.209. The summed E-state index contributed by atoms with van der Waals surface area (Å²) in [6.45, 7) is 8.27. The number of rotatable bonds is 4. The predicted octanol–water partition coefficient (Wildman–Crippen LogP) is 3.60. The van der Waals surface area contributed by atoms with E-state index in [1.807, 2.05) is 23.9 Å². The van der Waals surface area contributed by atoms with Crippen LogP contribution < -0.4 is 0 Å². The van der Waals surface area contributed by atoms with Gasteiger partial charge in [-0.25, -0.2) is 0 Å². The van der Waals surface area contributed by atoms with Crippen molar-refractivity contribution in [1.82, 2.24) is 4.90 Å². The highest BCUT2D eigenvalue weighted by Gasteiger charge is 2.20. The van der Waals surface area contributed by atoms with Gasteiger partial charge in [-0.15, -0.1) is 11.8 Å². The summed E-state index contributed by atoms with van der Waals surface area (Å²) in [6, 6.07) is 7.58. The molecule has 0 unspecified atom stereocenters. The molecule has 100 valence electrons. The number of piperidine rings is 1. The maximum atomic E-state index is 9.27. The summed E-state index contributed by atoms with van der Waals surface area (Å²) in [4.78, 5) is 3.86. The maximum absolute atomic E-state index is 9.27. The molecule has 0 radical (unpaired) electrons. The van der Waals surface area contributed by atoms with Crippen molar-refractivity contribution in [2.24, 2.45) is 5.92 Å². The van der Waals surface area contributed by atoms with Gasteiger partial charge in [0, 0.05) is 16.7 Å². The van der Waals surface area contributed by atoms with Crippen molar-refractivity contribution in [3.8, 4) is 5.75 Å². The van der Waals surface area contributed by atoms with E-state index in [0.29, 0.717) is 5.75 Å². The molecule has 0 saturated carbocycles. The number of hydrogen-bond donors (Lipinski definition) is 1. The first-order valence-corrected chi connectivity index (χ1v) is 7.69. The zero-order chi connectivity index (χ0) is 13.0. The largest absolute Gasteiger partial charge is 0.508 e. The first-order valence-electron chi connectivity index (χ1n) is 6.81. The van der Waals surface area contributed by atoms with Crippen LogP contribution in [0.15, 0.2) is 29.2 Å². The second-order valence-electron chi connectivity index (χ2n) is 5.51. The summed E-state index contributed by atoms with van der Waals surface area (Å²) < 4.78 is 0. The van der Waals surface area contributed by atoms with E-state index in [4.69, 9.17) is 0 Å². The van der Waals surface area contributed by atoms with E-state index in [0.717, 1.165) is 11.2 Å². The molecule has 1 aliphatic rings. The monoisotopic (exact) mass is 265 g/mol. The van der Waals surface area contributed by atoms with Gasteiger partial charge in [0.15, 0.2) is 0 Å². The van der Waals surface area contributed by atoms with Gasteiger partial charge in [-0.2, -0.15) is 0 Å². The highest BCUT2D eigenvalue weighted by molar-refractivity contribution is 8.00. The molecule has 1 aliphatic heterocycles. The van der Waals surface area contributed by atoms with Crippen LogP contribution in [0.2, 0.25) is 0 Å². The molecule has 0 amide bonds. The third kappa shape index (κ3) is 4.21. The lowest BCUT2D eigenvalue weighted by atomic mass is 10.1. The molecule has 1 aromatic rings. The number of thioether (sulfide) groups is 1. The number of phenols is 1. The Kier molecular flexibility index (Phi) is 4.95. The van der Waals surface area contributed by atoms with Crippen LogP contribution in [0.25, 0.3) is 0 Å². The van der Waals surface area contributed by atoms with E-state index in [9.17, 15) is 5.11 Å². The van der Waals surface area contributed by atoms with Crippen molar-refractivity contribution in [1.29, 1.82) is 0 Å². The molecule has 3 heteroatoms. The molecule has 0 spiro atoms. The standard InChI is InChI=1S/C15H23NOS/c1-12(2)11-16-9-7-15(8-10-16)18-14-5-3-13(17)4-6-14/h3-6,12,15,17H,7-11H2,1-2H3. The number of likely N-dealkylation sites (tertiary alicyclic amines) is 1. The van der Waals surface area contributed by atoms with Gasteiger partial charge in [-0.05, 0) is 56.1 Å². The number of benzene rings is 1. The Bertz CT molecular complexity index is 355. The van der Waals surface area contributed by atoms with Gasteiger partial charge in [-0.1, -0.05) is 13.8 Å². The van der Waals surface area contributed by atoms with Crippen LogP contribution >= 0.6 is 11.8 Å². The zero-order valence-electron chi connectivity index (χ0n) is 11.3. The minimum absolute atomic E-state index is 0.353. The van der Waals surface area contributed by atoms with Crippen LogP contribution in [0.4, 0.5) is 0 Å². The first-order chi connectivity index (χ1) is 8.63. The Hall–Kier alpha value is -0.670. The lowest BCUT2D eigenvalue weighted by Crippen LogP contribution is -2.37. The molecule has 0 aliphatic carbocycles. The molecule has 2 rings (SSSR count). The summed E-state index contributed by atoms with van der Waals surface area (Å²) in [7, 11) is 0. The predicted molar refractivity (Wildman–Crippen MR) is 78.3 cm³/mol. The Morgan fingerprint density at radius 3 is 2.39 bits per heavy atom. The van der Waals surface area contributed by atoms with Crippen molar-refractivity contribution in [3.05, 3.63) is 24.3 Å². The molecule has 0 aromatic heterocycles. The van der Waals surface area contributed by atoms with E-state index in [1.54, 1.807) is 12.1 Å². The normalized spacial score (nSPS) is 18.4. The van der Waals surface area contributed by atoms with Crippen LogP contribution in [0.5, 0.6) is 5.75 Å². The highest BCUT2D eigenvalue weighted by atomic mass is 32.2. The zero-order valence-corrected chi connectivity index (χ0v) is 12.1. The van der Waals surface area contributed by atoms with E-state index in [2.05, 4.69) is 18.7 Å². The smallest absolute Gasteiger partial charge is 0.115 e. The van der Waals surface area contributed by atoms with E-state index in [1.165, 1.54) is 37.4 Å². The summed E-state index contributed by atoms with van der Waals surface area (Å²) in [5, 5.41) is 10.00. The number of aromatic hydroxyl groups is 1. The van der Waals surface area contributed by atoms with Gasteiger partial charge in [0.2, 0.25) is 0 Å². The van der Waals surface area contributed by atoms with Crippen LogP contribution in [-0.4, -0.2) is 34.9 Å². The molecule has 18 heavy (non-hydrogen) atoms. The summed E-state index contributed by atoms with van der Waals surface area (Å²) in [6.07, 6.45) is 2.55. The van der Waals surface area contributed by atoms with Crippen LogP contribution in [0, 0.1) is 5.92 Å². The quantitative estimate of drug-likeness (QED) is 0.899. The van der Waals surface area contributed by atoms with Crippen LogP contribution in [0.3, 0.4) is 0 Å². The number of hydrogen-bond acceptors (Lipinski definition) is 3.